The second-order valence-corrected chi connectivity index (χ2v) is 5.76. The lowest BCUT2D eigenvalue weighted by Crippen LogP contribution is -2.18. The Balaban J connectivity index is 1.84. The standard InChI is InChI=1S/C12H16BrN3OS/c1-17-4-3-14-6-10-7-15-16(8-10)9-12-11(13)2-5-18-12/h2,5,7-8,14H,3-4,6,9H2,1H3. The Morgan fingerprint density at radius 2 is 2.44 bits per heavy atom. The highest BCUT2D eigenvalue weighted by Gasteiger charge is 2.04. The summed E-state index contributed by atoms with van der Waals surface area (Å²) in [5, 5.41) is 9.74. The van der Waals surface area contributed by atoms with Gasteiger partial charge in [-0.3, -0.25) is 4.68 Å². The third-order valence-corrected chi connectivity index (χ3v) is 4.41. The van der Waals surface area contributed by atoms with Gasteiger partial charge < -0.3 is 10.1 Å². The first kappa shape index (κ1) is 13.7. The van der Waals surface area contributed by atoms with Crippen molar-refractivity contribution in [1.29, 1.82) is 0 Å². The van der Waals surface area contributed by atoms with Crippen molar-refractivity contribution in [2.24, 2.45) is 0 Å². The zero-order valence-electron chi connectivity index (χ0n) is 10.2. The van der Waals surface area contributed by atoms with Crippen LogP contribution in [-0.4, -0.2) is 30.0 Å². The summed E-state index contributed by atoms with van der Waals surface area (Å²) in [6, 6.07) is 2.07. The molecule has 2 rings (SSSR count). The highest BCUT2D eigenvalue weighted by atomic mass is 79.9. The van der Waals surface area contributed by atoms with Gasteiger partial charge in [-0.1, -0.05) is 0 Å². The molecule has 0 aromatic carbocycles. The minimum atomic E-state index is 0.732. The van der Waals surface area contributed by atoms with Crippen LogP contribution in [0.25, 0.3) is 0 Å². The van der Waals surface area contributed by atoms with Crippen LogP contribution in [0.2, 0.25) is 0 Å². The highest BCUT2D eigenvalue weighted by Crippen LogP contribution is 2.23. The van der Waals surface area contributed by atoms with Gasteiger partial charge in [0.15, 0.2) is 0 Å². The number of hydrogen-bond donors (Lipinski definition) is 1. The summed E-state index contributed by atoms with van der Waals surface area (Å²) in [5.74, 6) is 0. The molecule has 98 valence electrons. The molecule has 0 unspecified atom stereocenters. The summed E-state index contributed by atoms with van der Waals surface area (Å²) in [6.45, 7) is 3.24. The average molecular weight is 330 g/mol. The van der Waals surface area contributed by atoms with Crippen LogP contribution >= 0.6 is 27.3 Å². The second-order valence-electron chi connectivity index (χ2n) is 3.91. The van der Waals surface area contributed by atoms with Crippen molar-refractivity contribution >= 4 is 27.3 Å². The van der Waals surface area contributed by atoms with Crippen molar-refractivity contribution < 1.29 is 4.74 Å². The van der Waals surface area contributed by atoms with Crippen LogP contribution < -0.4 is 5.32 Å². The number of nitrogens with zero attached hydrogens (tertiary/aromatic N) is 2. The average Bonchev–Trinajstić information content (AvgIpc) is 2.96. The Morgan fingerprint density at radius 3 is 3.17 bits per heavy atom. The van der Waals surface area contributed by atoms with Gasteiger partial charge in [-0.2, -0.15) is 5.10 Å². The van der Waals surface area contributed by atoms with Crippen LogP contribution in [0.5, 0.6) is 0 Å². The largest absolute Gasteiger partial charge is 0.383 e. The molecule has 0 atom stereocenters. The van der Waals surface area contributed by atoms with Gasteiger partial charge in [0.05, 0.1) is 19.3 Å². The van der Waals surface area contributed by atoms with E-state index in [1.807, 2.05) is 10.9 Å². The predicted molar refractivity (Wildman–Crippen MR) is 76.9 cm³/mol. The lowest BCUT2D eigenvalue weighted by molar-refractivity contribution is 0.199. The molecule has 0 amide bonds. The van der Waals surface area contributed by atoms with Gasteiger partial charge in [0.2, 0.25) is 0 Å². The molecular weight excluding hydrogens is 314 g/mol. The molecule has 18 heavy (non-hydrogen) atoms. The Bertz CT molecular complexity index is 483. The van der Waals surface area contributed by atoms with E-state index >= 15 is 0 Å². The first-order valence-electron chi connectivity index (χ1n) is 5.72. The van der Waals surface area contributed by atoms with E-state index in [-0.39, 0.29) is 0 Å². The SMILES string of the molecule is COCCNCc1cnn(Cc2sccc2Br)c1. The summed E-state index contributed by atoms with van der Waals surface area (Å²) < 4.78 is 8.10. The number of nitrogens with one attached hydrogen (secondary N) is 1. The third kappa shape index (κ3) is 3.91. The number of halogens is 1. The van der Waals surface area contributed by atoms with Crippen LogP contribution in [-0.2, 0) is 17.8 Å². The molecule has 0 aliphatic carbocycles. The summed E-state index contributed by atoms with van der Waals surface area (Å²) in [5.41, 5.74) is 1.19. The van der Waals surface area contributed by atoms with Gasteiger partial charge in [-0.25, -0.2) is 0 Å². The van der Waals surface area contributed by atoms with Crippen LogP contribution in [0.15, 0.2) is 28.3 Å². The van der Waals surface area contributed by atoms with E-state index in [1.165, 1.54) is 10.4 Å². The Labute approximate surface area is 119 Å². The first-order chi connectivity index (χ1) is 8.79. The maximum absolute atomic E-state index is 4.98. The van der Waals surface area contributed by atoms with Crippen LogP contribution in [0, 0.1) is 0 Å². The topological polar surface area (TPSA) is 39.1 Å². The van der Waals surface area contributed by atoms with Crippen molar-refractivity contribution in [1.82, 2.24) is 15.1 Å². The lowest BCUT2D eigenvalue weighted by Gasteiger charge is -2.01. The molecule has 0 saturated heterocycles. The Morgan fingerprint density at radius 1 is 1.56 bits per heavy atom. The van der Waals surface area contributed by atoms with E-state index < -0.39 is 0 Å². The Kier molecular flexibility index (Phi) is 5.37. The second kappa shape index (κ2) is 7.04. The van der Waals surface area contributed by atoms with Gasteiger partial charge in [-0.15, -0.1) is 11.3 Å². The Hall–Kier alpha value is -0.690. The zero-order chi connectivity index (χ0) is 12.8. The van der Waals surface area contributed by atoms with Gasteiger partial charge in [0.25, 0.3) is 0 Å². The number of hydrogen-bond acceptors (Lipinski definition) is 4. The van der Waals surface area contributed by atoms with E-state index in [4.69, 9.17) is 4.74 Å². The fraction of sp³-hybridized carbons (Fsp3) is 0.417. The molecule has 2 aromatic rings. The molecule has 0 fully saturated rings. The van der Waals surface area contributed by atoms with Gasteiger partial charge in [-0.05, 0) is 27.4 Å². The molecule has 0 bridgehead atoms. The van der Waals surface area contributed by atoms with Crippen LogP contribution in [0.3, 0.4) is 0 Å². The van der Waals surface area contributed by atoms with Crippen molar-refractivity contribution in [2.75, 3.05) is 20.3 Å². The minimum Gasteiger partial charge on any atom is -0.383 e. The van der Waals surface area contributed by atoms with E-state index in [9.17, 15) is 0 Å². The molecule has 2 aromatic heterocycles. The molecule has 2 heterocycles. The molecule has 0 aliphatic heterocycles. The summed E-state index contributed by atoms with van der Waals surface area (Å²) >= 11 is 5.27. The molecule has 4 nitrogen and oxygen atoms in total. The molecule has 0 saturated carbocycles. The summed E-state index contributed by atoms with van der Waals surface area (Å²) in [4.78, 5) is 1.29. The smallest absolute Gasteiger partial charge is 0.0763 e. The first-order valence-corrected chi connectivity index (χ1v) is 7.39. The number of aromatic nitrogens is 2. The highest BCUT2D eigenvalue weighted by molar-refractivity contribution is 9.10. The van der Waals surface area contributed by atoms with Gasteiger partial charge in [0, 0.05) is 41.3 Å². The van der Waals surface area contributed by atoms with E-state index in [0.29, 0.717) is 0 Å². The lowest BCUT2D eigenvalue weighted by atomic mass is 10.3. The maximum atomic E-state index is 4.98. The zero-order valence-corrected chi connectivity index (χ0v) is 12.6. The van der Waals surface area contributed by atoms with E-state index in [0.717, 1.165) is 30.7 Å². The molecule has 0 radical (unpaired) electrons. The fourth-order valence-electron chi connectivity index (χ4n) is 1.58. The molecular formula is C12H16BrN3OS. The van der Waals surface area contributed by atoms with Crippen LogP contribution in [0.4, 0.5) is 0 Å². The third-order valence-electron chi connectivity index (χ3n) is 2.50. The van der Waals surface area contributed by atoms with E-state index in [1.54, 1.807) is 18.4 Å². The summed E-state index contributed by atoms with van der Waals surface area (Å²) in [7, 11) is 1.71. The number of methoxy groups -OCH3 is 1. The van der Waals surface area contributed by atoms with Crippen molar-refractivity contribution in [3.63, 3.8) is 0 Å². The number of ether oxygens (including phenoxy) is 1. The number of thiophene rings is 1. The monoisotopic (exact) mass is 329 g/mol. The maximum Gasteiger partial charge on any atom is 0.0763 e. The molecule has 0 spiro atoms. The summed E-state index contributed by atoms with van der Waals surface area (Å²) in [6.07, 6.45) is 3.98. The minimum absolute atomic E-state index is 0.732. The molecule has 6 heteroatoms. The van der Waals surface area contributed by atoms with Crippen molar-refractivity contribution in [3.05, 3.63) is 38.8 Å². The van der Waals surface area contributed by atoms with E-state index in [2.05, 4.69) is 44.0 Å². The van der Waals surface area contributed by atoms with Crippen molar-refractivity contribution in [3.8, 4) is 0 Å². The quantitative estimate of drug-likeness (QED) is 0.793. The fourth-order valence-corrected chi connectivity index (χ4v) is 3.04. The molecule has 0 aliphatic rings. The predicted octanol–water partition coefficient (Wildman–Crippen LogP) is 2.49. The number of rotatable bonds is 7. The van der Waals surface area contributed by atoms with Gasteiger partial charge in [0.1, 0.15) is 0 Å². The molecule has 1 N–H and O–H groups in total. The van der Waals surface area contributed by atoms with Crippen molar-refractivity contribution in [2.45, 2.75) is 13.1 Å². The normalized spacial score (nSPS) is 11.0. The van der Waals surface area contributed by atoms with Gasteiger partial charge >= 0.3 is 0 Å². The van der Waals surface area contributed by atoms with Crippen LogP contribution in [0.1, 0.15) is 10.4 Å².